The van der Waals surface area contributed by atoms with Gasteiger partial charge in [-0.25, -0.2) is 9.78 Å². The quantitative estimate of drug-likeness (QED) is 0.660. The van der Waals surface area contributed by atoms with Crippen molar-refractivity contribution in [3.8, 4) is 5.75 Å². The fourth-order valence-electron chi connectivity index (χ4n) is 3.26. The molecule has 3 rings (SSSR count). The first kappa shape index (κ1) is 18.7. The van der Waals surface area contributed by atoms with Crippen molar-refractivity contribution < 1.29 is 14.6 Å². The molecule has 0 fully saturated rings. The largest absolute Gasteiger partial charge is 0.496 e. The first-order chi connectivity index (χ1) is 13.0. The maximum Gasteiger partial charge on any atom is 0.335 e. The Balaban J connectivity index is 1.94. The number of methoxy groups -OCH3 is 1. The highest BCUT2D eigenvalue weighted by molar-refractivity contribution is 5.93. The summed E-state index contributed by atoms with van der Waals surface area (Å²) in [6.45, 7) is 7.34. The molecule has 2 aromatic heterocycles. The number of hydrogen-bond donors (Lipinski definition) is 2. The van der Waals surface area contributed by atoms with Gasteiger partial charge in [0.25, 0.3) is 0 Å². The molecule has 0 atom stereocenters. The summed E-state index contributed by atoms with van der Waals surface area (Å²) in [6.07, 6.45) is 2.74. The first-order valence-electron chi connectivity index (χ1n) is 8.92. The molecule has 0 saturated heterocycles. The molecule has 0 radical (unpaired) electrons. The molecular formula is C20H24N4O3. The van der Waals surface area contributed by atoms with E-state index in [0.29, 0.717) is 18.0 Å². The Labute approximate surface area is 158 Å². The maximum absolute atomic E-state index is 11.2. The smallest absolute Gasteiger partial charge is 0.335 e. The number of fused-ring (bicyclic) bond motifs is 1. The minimum absolute atomic E-state index is 0.232. The van der Waals surface area contributed by atoms with Crippen LogP contribution < -0.4 is 10.1 Å². The molecule has 2 N–H and O–H groups in total. The first-order valence-corrected chi connectivity index (χ1v) is 8.92. The van der Waals surface area contributed by atoms with Crippen molar-refractivity contribution in [2.24, 2.45) is 0 Å². The predicted molar refractivity (Wildman–Crippen MR) is 105 cm³/mol. The van der Waals surface area contributed by atoms with Crippen LogP contribution >= 0.6 is 0 Å². The maximum atomic E-state index is 11.2. The van der Waals surface area contributed by atoms with E-state index >= 15 is 0 Å². The summed E-state index contributed by atoms with van der Waals surface area (Å²) in [5.74, 6) is 0.591. The summed E-state index contributed by atoms with van der Waals surface area (Å²) in [5, 5.41) is 12.6. The van der Waals surface area contributed by atoms with Gasteiger partial charge in [-0.3, -0.25) is 4.98 Å². The topological polar surface area (TPSA) is 89.3 Å². The number of hydrogen-bond acceptors (Lipinski definition) is 5. The molecule has 0 saturated carbocycles. The van der Waals surface area contributed by atoms with Gasteiger partial charge < -0.3 is 19.7 Å². The highest BCUT2D eigenvalue weighted by Crippen LogP contribution is 2.26. The van der Waals surface area contributed by atoms with Crippen molar-refractivity contribution in [3.63, 3.8) is 0 Å². The molecule has 0 spiro atoms. The Morgan fingerprint density at radius 1 is 1.33 bits per heavy atom. The number of aromatic nitrogens is 3. The Bertz CT molecular complexity index is 995. The van der Waals surface area contributed by atoms with Crippen LogP contribution in [0.4, 0.5) is 5.95 Å². The summed E-state index contributed by atoms with van der Waals surface area (Å²) < 4.78 is 7.54. The molecule has 0 aliphatic rings. The number of ether oxygens (including phenoxy) is 1. The number of carbonyl (C=O) groups is 1. The van der Waals surface area contributed by atoms with Crippen LogP contribution in [0.1, 0.15) is 40.5 Å². The molecule has 2 heterocycles. The van der Waals surface area contributed by atoms with E-state index in [0.717, 1.165) is 41.1 Å². The monoisotopic (exact) mass is 368 g/mol. The van der Waals surface area contributed by atoms with Crippen molar-refractivity contribution in [1.29, 1.82) is 0 Å². The van der Waals surface area contributed by atoms with Crippen LogP contribution in [0.25, 0.3) is 11.0 Å². The van der Waals surface area contributed by atoms with E-state index in [1.54, 1.807) is 25.4 Å². The number of aryl methyl sites for hydroxylation is 2. The van der Waals surface area contributed by atoms with E-state index in [2.05, 4.69) is 26.8 Å². The van der Waals surface area contributed by atoms with E-state index in [4.69, 9.17) is 4.74 Å². The molecule has 0 amide bonds. The number of pyridine rings is 1. The Hall–Kier alpha value is -3.09. The van der Waals surface area contributed by atoms with Gasteiger partial charge in [0, 0.05) is 23.9 Å². The molecule has 1 aromatic carbocycles. The second kappa shape index (κ2) is 7.65. The number of nitrogens with zero attached hydrogens (tertiary/aromatic N) is 3. The number of carboxylic acids is 1. The number of rotatable bonds is 7. The van der Waals surface area contributed by atoms with Gasteiger partial charge in [0.2, 0.25) is 5.95 Å². The van der Waals surface area contributed by atoms with Crippen LogP contribution in [0.3, 0.4) is 0 Å². The number of aromatic carboxylic acids is 1. The number of carboxylic acid groups (broad SMARTS) is 1. The molecule has 27 heavy (non-hydrogen) atoms. The summed E-state index contributed by atoms with van der Waals surface area (Å²) in [6, 6.07) is 5.03. The van der Waals surface area contributed by atoms with Crippen molar-refractivity contribution >= 4 is 23.0 Å². The molecule has 142 valence electrons. The second-order valence-corrected chi connectivity index (χ2v) is 6.50. The third kappa shape index (κ3) is 3.58. The van der Waals surface area contributed by atoms with Gasteiger partial charge in [-0.2, -0.15) is 0 Å². The minimum Gasteiger partial charge on any atom is -0.496 e. The average Bonchev–Trinajstić information content (AvgIpc) is 2.98. The summed E-state index contributed by atoms with van der Waals surface area (Å²) in [7, 11) is 1.66. The lowest BCUT2D eigenvalue weighted by Crippen LogP contribution is -2.10. The van der Waals surface area contributed by atoms with E-state index < -0.39 is 5.97 Å². The Morgan fingerprint density at radius 3 is 2.78 bits per heavy atom. The lowest BCUT2D eigenvalue weighted by atomic mass is 10.1. The van der Waals surface area contributed by atoms with E-state index in [9.17, 15) is 9.90 Å². The molecule has 7 nitrogen and oxygen atoms in total. The molecule has 3 aromatic rings. The predicted octanol–water partition coefficient (Wildman–Crippen LogP) is 3.78. The number of imidazole rings is 1. The second-order valence-electron chi connectivity index (χ2n) is 6.50. The van der Waals surface area contributed by atoms with Crippen LogP contribution in [0, 0.1) is 13.8 Å². The minimum atomic E-state index is -0.956. The molecular weight excluding hydrogens is 344 g/mol. The van der Waals surface area contributed by atoms with Crippen molar-refractivity contribution in [2.45, 2.75) is 40.3 Å². The van der Waals surface area contributed by atoms with Crippen LogP contribution in [0.15, 0.2) is 24.4 Å². The van der Waals surface area contributed by atoms with E-state index in [1.807, 2.05) is 19.9 Å². The highest BCUT2D eigenvalue weighted by atomic mass is 16.5. The van der Waals surface area contributed by atoms with E-state index in [-0.39, 0.29) is 5.56 Å². The normalized spacial score (nSPS) is 11.0. The molecule has 0 unspecified atom stereocenters. The lowest BCUT2D eigenvalue weighted by Gasteiger charge is -2.14. The van der Waals surface area contributed by atoms with Gasteiger partial charge in [-0.1, -0.05) is 6.92 Å². The van der Waals surface area contributed by atoms with Crippen molar-refractivity contribution in [3.05, 3.63) is 46.8 Å². The number of nitrogens with one attached hydrogen (secondary N) is 1. The molecule has 7 heteroatoms. The Morgan fingerprint density at radius 2 is 2.11 bits per heavy atom. The van der Waals surface area contributed by atoms with Gasteiger partial charge in [0.15, 0.2) is 0 Å². The zero-order valence-corrected chi connectivity index (χ0v) is 16.0. The van der Waals surface area contributed by atoms with Crippen LogP contribution in [0.5, 0.6) is 5.75 Å². The number of anilines is 1. The van der Waals surface area contributed by atoms with Crippen molar-refractivity contribution in [1.82, 2.24) is 14.5 Å². The van der Waals surface area contributed by atoms with Gasteiger partial charge in [-0.15, -0.1) is 0 Å². The van der Waals surface area contributed by atoms with E-state index in [1.165, 1.54) is 0 Å². The summed E-state index contributed by atoms with van der Waals surface area (Å²) in [5.41, 5.74) is 4.69. The zero-order valence-electron chi connectivity index (χ0n) is 16.0. The molecule has 0 bridgehead atoms. The standard InChI is InChI=1S/C20H24N4O3/c1-5-8-24-17-7-6-14(19(25)26)9-15(17)23-20(24)22-11-16-13(3)18(27-4)12(2)10-21-16/h6-7,9-10H,5,8,11H2,1-4H3,(H,22,23)(H,25,26). The Kier molecular flexibility index (Phi) is 5.30. The third-order valence-corrected chi connectivity index (χ3v) is 4.61. The van der Waals surface area contributed by atoms with Gasteiger partial charge in [0.1, 0.15) is 5.75 Å². The fourth-order valence-corrected chi connectivity index (χ4v) is 3.26. The fraction of sp³-hybridized carbons (Fsp3) is 0.350. The average molecular weight is 368 g/mol. The number of benzene rings is 1. The van der Waals surface area contributed by atoms with Gasteiger partial charge >= 0.3 is 5.97 Å². The SMILES string of the molecule is CCCn1c(NCc2ncc(C)c(OC)c2C)nc2cc(C(=O)O)ccc21. The molecule has 0 aliphatic carbocycles. The van der Waals surface area contributed by atoms with Crippen LogP contribution in [-0.2, 0) is 13.1 Å². The van der Waals surface area contributed by atoms with Crippen LogP contribution in [-0.4, -0.2) is 32.7 Å². The zero-order chi connectivity index (χ0) is 19.6. The van der Waals surface area contributed by atoms with Gasteiger partial charge in [-0.05, 0) is 38.5 Å². The third-order valence-electron chi connectivity index (χ3n) is 4.61. The van der Waals surface area contributed by atoms with Crippen LogP contribution in [0.2, 0.25) is 0 Å². The summed E-state index contributed by atoms with van der Waals surface area (Å²) >= 11 is 0. The molecule has 0 aliphatic heterocycles. The van der Waals surface area contributed by atoms with Gasteiger partial charge in [0.05, 0.1) is 35.9 Å². The lowest BCUT2D eigenvalue weighted by molar-refractivity contribution is 0.0697. The van der Waals surface area contributed by atoms with Crippen molar-refractivity contribution in [2.75, 3.05) is 12.4 Å². The highest BCUT2D eigenvalue weighted by Gasteiger charge is 2.14. The summed E-state index contributed by atoms with van der Waals surface area (Å²) in [4.78, 5) is 20.3.